The maximum Gasteiger partial charge on any atom is 0.151 e. The van der Waals surface area contributed by atoms with E-state index in [9.17, 15) is 8.42 Å². The van der Waals surface area contributed by atoms with Crippen molar-refractivity contribution >= 4 is 15.5 Å². The van der Waals surface area contributed by atoms with Gasteiger partial charge in [-0.1, -0.05) is 12.1 Å². The first-order valence-electron chi connectivity index (χ1n) is 7.41. The van der Waals surface area contributed by atoms with Gasteiger partial charge in [-0.05, 0) is 43.0 Å². The van der Waals surface area contributed by atoms with Gasteiger partial charge in [0.15, 0.2) is 9.84 Å². The van der Waals surface area contributed by atoms with E-state index in [4.69, 9.17) is 0 Å². The van der Waals surface area contributed by atoms with Crippen LogP contribution in [-0.4, -0.2) is 44.5 Å². The Morgan fingerprint density at radius 1 is 1.15 bits per heavy atom. The van der Waals surface area contributed by atoms with Gasteiger partial charge in [-0.15, -0.1) is 0 Å². The molecule has 110 valence electrons. The van der Waals surface area contributed by atoms with Gasteiger partial charge in [0, 0.05) is 25.3 Å². The average molecular weight is 294 g/mol. The standard InChI is InChI=1S/C15H22N2O2S/c18-20(19)9-2-7-17(8-10-20)12-13-4-5-15-14(11-13)3-1-6-16-15/h4-5,11,16H,1-3,6-10,12H2. The second kappa shape index (κ2) is 5.74. The van der Waals surface area contributed by atoms with E-state index < -0.39 is 9.84 Å². The van der Waals surface area contributed by atoms with Crippen LogP contribution in [0.3, 0.4) is 0 Å². The number of hydrogen-bond acceptors (Lipinski definition) is 4. The lowest BCUT2D eigenvalue weighted by Crippen LogP contribution is -2.26. The topological polar surface area (TPSA) is 49.4 Å². The predicted octanol–water partition coefficient (Wildman–Crippen LogP) is 1.67. The van der Waals surface area contributed by atoms with Crippen molar-refractivity contribution in [1.29, 1.82) is 0 Å². The van der Waals surface area contributed by atoms with E-state index in [1.165, 1.54) is 23.2 Å². The Labute approximate surface area is 121 Å². The highest BCUT2D eigenvalue weighted by Gasteiger charge is 2.19. The molecule has 5 heteroatoms. The number of benzene rings is 1. The van der Waals surface area contributed by atoms with Crippen molar-refractivity contribution in [2.24, 2.45) is 0 Å². The minimum absolute atomic E-state index is 0.305. The highest BCUT2D eigenvalue weighted by atomic mass is 32.2. The summed E-state index contributed by atoms with van der Waals surface area (Å²) in [7, 11) is -2.81. The number of fused-ring (bicyclic) bond motifs is 1. The summed E-state index contributed by atoms with van der Waals surface area (Å²) in [6.45, 7) is 3.48. The number of anilines is 1. The maximum absolute atomic E-state index is 11.6. The Hall–Kier alpha value is -1.07. The van der Waals surface area contributed by atoms with E-state index in [0.717, 1.165) is 32.5 Å². The van der Waals surface area contributed by atoms with Crippen LogP contribution in [0.4, 0.5) is 5.69 Å². The lowest BCUT2D eigenvalue weighted by Gasteiger charge is -2.22. The monoisotopic (exact) mass is 294 g/mol. The molecule has 0 aliphatic carbocycles. The SMILES string of the molecule is O=S1(=O)CCCN(Cc2ccc3c(c2)CCCN3)CC1. The van der Waals surface area contributed by atoms with E-state index in [2.05, 4.69) is 28.4 Å². The van der Waals surface area contributed by atoms with Crippen LogP contribution in [-0.2, 0) is 22.8 Å². The summed E-state index contributed by atoms with van der Waals surface area (Å²) in [6, 6.07) is 6.61. The molecule has 2 heterocycles. The van der Waals surface area contributed by atoms with Gasteiger partial charge in [-0.3, -0.25) is 4.90 Å². The van der Waals surface area contributed by atoms with Crippen molar-refractivity contribution in [2.75, 3.05) is 36.5 Å². The molecule has 0 amide bonds. The van der Waals surface area contributed by atoms with Crippen LogP contribution in [0.25, 0.3) is 0 Å². The summed E-state index contributed by atoms with van der Waals surface area (Å²) in [6.07, 6.45) is 3.10. The van der Waals surface area contributed by atoms with Gasteiger partial charge in [0.2, 0.25) is 0 Å². The van der Waals surface area contributed by atoms with Crippen molar-refractivity contribution in [2.45, 2.75) is 25.8 Å². The van der Waals surface area contributed by atoms with E-state index in [0.29, 0.717) is 18.1 Å². The molecule has 0 bridgehead atoms. The minimum atomic E-state index is -2.81. The zero-order chi connectivity index (χ0) is 14.0. The normalized spacial score (nSPS) is 22.6. The molecule has 20 heavy (non-hydrogen) atoms. The Bertz CT molecular complexity index is 584. The highest BCUT2D eigenvalue weighted by molar-refractivity contribution is 7.91. The maximum atomic E-state index is 11.6. The predicted molar refractivity (Wildman–Crippen MR) is 81.8 cm³/mol. The number of aryl methyl sites for hydroxylation is 1. The van der Waals surface area contributed by atoms with Gasteiger partial charge < -0.3 is 5.32 Å². The van der Waals surface area contributed by atoms with Gasteiger partial charge in [-0.25, -0.2) is 8.42 Å². The van der Waals surface area contributed by atoms with Crippen LogP contribution in [0.2, 0.25) is 0 Å². The number of hydrogen-bond donors (Lipinski definition) is 1. The summed E-state index contributed by atoms with van der Waals surface area (Å²) in [5.74, 6) is 0.650. The van der Waals surface area contributed by atoms with Gasteiger partial charge >= 0.3 is 0 Å². The molecule has 1 N–H and O–H groups in total. The fourth-order valence-corrected chi connectivity index (χ4v) is 4.34. The lowest BCUT2D eigenvalue weighted by atomic mass is 10.0. The molecular weight excluding hydrogens is 272 g/mol. The third-order valence-electron chi connectivity index (χ3n) is 4.16. The van der Waals surface area contributed by atoms with Crippen molar-refractivity contribution in [3.63, 3.8) is 0 Å². The Morgan fingerprint density at radius 3 is 2.95 bits per heavy atom. The van der Waals surface area contributed by atoms with Crippen LogP contribution < -0.4 is 5.32 Å². The van der Waals surface area contributed by atoms with Crippen molar-refractivity contribution in [1.82, 2.24) is 4.90 Å². The van der Waals surface area contributed by atoms with Crippen molar-refractivity contribution < 1.29 is 8.42 Å². The molecule has 1 saturated heterocycles. The smallest absolute Gasteiger partial charge is 0.151 e. The molecule has 1 fully saturated rings. The lowest BCUT2D eigenvalue weighted by molar-refractivity contribution is 0.287. The zero-order valence-electron chi connectivity index (χ0n) is 11.8. The second-order valence-electron chi connectivity index (χ2n) is 5.80. The van der Waals surface area contributed by atoms with Gasteiger partial charge in [0.25, 0.3) is 0 Å². The van der Waals surface area contributed by atoms with Crippen LogP contribution >= 0.6 is 0 Å². The summed E-state index contributed by atoms with van der Waals surface area (Å²) in [4.78, 5) is 2.27. The van der Waals surface area contributed by atoms with E-state index in [1.54, 1.807) is 0 Å². The first-order valence-corrected chi connectivity index (χ1v) is 9.23. The van der Waals surface area contributed by atoms with Crippen LogP contribution in [0.1, 0.15) is 24.0 Å². The molecular formula is C15H22N2O2S. The number of nitrogens with zero attached hydrogens (tertiary/aromatic N) is 1. The zero-order valence-corrected chi connectivity index (χ0v) is 12.6. The number of nitrogens with one attached hydrogen (secondary N) is 1. The summed E-state index contributed by atoms with van der Waals surface area (Å²) in [5.41, 5.74) is 3.96. The number of rotatable bonds is 2. The molecule has 2 aliphatic heterocycles. The third kappa shape index (κ3) is 3.33. The van der Waals surface area contributed by atoms with Gasteiger partial charge in [0.05, 0.1) is 11.5 Å². The Balaban J connectivity index is 1.68. The Morgan fingerprint density at radius 2 is 2.05 bits per heavy atom. The van der Waals surface area contributed by atoms with E-state index in [1.807, 2.05) is 0 Å². The second-order valence-corrected chi connectivity index (χ2v) is 8.11. The highest BCUT2D eigenvalue weighted by Crippen LogP contribution is 2.23. The Kier molecular flexibility index (Phi) is 3.98. The molecule has 1 aromatic carbocycles. The fourth-order valence-electron chi connectivity index (χ4n) is 3.03. The molecule has 0 atom stereocenters. The van der Waals surface area contributed by atoms with E-state index in [-0.39, 0.29) is 0 Å². The minimum Gasteiger partial charge on any atom is -0.385 e. The molecule has 4 nitrogen and oxygen atoms in total. The van der Waals surface area contributed by atoms with Crippen LogP contribution in [0, 0.1) is 0 Å². The molecule has 0 radical (unpaired) electrons. The van der Waals surface area contributed by atoms with E-state index >= 15 is 0 Å². The van der Waals surface area contributed by atoms with Crippen molar-refractivity contribution in [3.05, 3.63) is 29.3 Å². The third-order valence-corrected chi connectivity index (χ3v) is 5.88. The van der Waals surface area contributed by atoms with Gasteiger partial charge in [0.1, 0.15) is 0 Å². The van der Waals surface area contributed by atoms with Gasteiger partial charge in [-0.2, -0.15) is 0 Å². The van der Waals surface area contributed by atoms with Crippen LogP contribution in [0.5, 0.6) is 0 Å². The molecule has 0 saturated carbocycles. The summed E-state index contributed by atoms with van der Waals surface area (Å²) in [5, 5.41) is 3.42. The summed E-state index contributed by atoms with van der Waals surface area (Å²) < 4.78 is 23.3. The fraction of sp³-hybridized carbons (Fsp3) is 0.600. The van der Waals surface area contributed by atoms with Crippen LogP contribution in [0.15, 0.2) is 18.2 Å². The molecule has 0 spiro atoms. The first kappa shape index (κ1) is 13.9. The number of sulfone groups is 1. The summed E-state index contributed by atoms with van der Waals surface area (Å²) >= 11 is 0. The molecule has 0 unspecified atom stereocenters. The first-order chi connectivity index (χ1) is 9.62. The quantitative estimate of drug-likeness (QED) is 0.901. The molecule has 2 aliphatic rings. The molecule has 3 rings (SSSR count). The van der Waals surface area contributed by atoms with Crippen molar-refractivity contribution in [3.8, 4) is 0 Å². The average Bonchev–Trinajstić information content (AvgIpc) is 2.60. The largest absolute Gasteiger partial charge is 0.385 e. The molecule has 1 aromatic rings. The molecule has 0 aromatic heterocycles.